The molecule has 8 rings (SSSR count). The Labute approximate surface area is 459 Å². The summed E-state index contributed by atoms with van der Waals surface area (Å²) in [5.74, 6) is -1.49. The van der Waals surface area contributed by atoms with Crippen LogP contribution < -0.4 is 14.9 Å². The van der Waals surface area contributed by atoms with Crippen LogP contribution in [0.1, 0.15) is 92.7 Å². The van der Waals surface area contributed by atoms with E-state index in [0.29, 0.717) is 62.2 Å². The summed E-state index contributed by atoms with van der Waals surface area (Å²) in [6, 6.07) is 32.7. The van der Waals surface area contributed by atoms with Crippen LogP contribution in [-0.2, 0) is 24.7 Å². The average Bonchev–Trinajstić information content (AvgIpc) is 3.43. The van der Waals surface area contributed by atoms with E-state index in [1.807, 2.05) is 83.6 Å². The molecule has 20 heteroatoms. The zero-order valence-corrected chi connectivity index (χ0v) is 46.0. The smallest absolute Gasteiger partial charge is 0.481 e. The van der Waals surface area contributed by atoms with Crippen molar-refractivity contribution >= 4 is 66.5 Å². The number of alkyl halides is 3. The predicted octanol–water partition coefficient (Wildman–Crippen LogP) is 11.2. The number of thioether (sulfide) groups is 1. The number of benzene rings is 5. The van der Waals surface area contributed by atoms with Crippen molar-refractivity contribution < 1.29 is 49.8 Å². The fourth-order valence-electron chi connectivity index (χ4n) is 10.8. The van der Waals surface area contributed by atoms with Gasteiger partial charge in [0.2, 0.25) is 0 Å². The van der Waals surface area contributed by atoms with Gasteiger partial charge in [-0.3, -0.25) is 9.59 Å². The Hall–Kier alpha value is -5.15. The van der Waals surface area contributed by atoms with Crippen LogP contribution in [-0.4, -0.2) is 118 Å². The molecule has 0 bridgehead atoms. The zero-order chi connectivity index (χ0) is 54.8. The predicted molar refractivity (Wildman–Crippen MR) is 297 cm³/mol. The van der Waals surface area contributed by atoms with E-state index in [1.54, 1.807) is 12.1 Å². The first-order chi connectivity index (χ1) is 36.8. The minimum Gasteiger partial charge on any atom is -0.481 e. The first-order valence-corrected chi connectivity index (χ1v) is 30.6. The number of carboxylic acid groups (broad SMARTS) is 1. The summed E-state index contributed by atoms with van der Waals surface area (Å²) in [7, 11) is -11.0. The number of piperidine rings is 3. The van der Waals surface area contributed by atoms with Gasteiger partial charge in [0.05, 0.1) is 16.7 Å². The van der Waals surface area contributed by atoms with Gasteiger partial charge >= 0.3 is 11.5 Å². The van der Waals surface area contributed by atoms with Gasteiger partial charge in [0.25, 0.3) is 25.8 Å². The molecular weight excluding hydrogens is 1070 g/mol. The third kappa shape index (κ3) is 15.2. The molecular formula is C57H67ClF3N5O8S3. The molecule has 3 aliphatic rings. The molecule has 0 unspecified atom stereocenters. The largest absolute Gasteiger partial charge is 0.501 e. The molecule has 3 aliphatic heterocycles. The highest BCUT2D eigenvalue weighted by Crippen LogP contribution is 2.42. The average molecular weight is 1140 g/mol. The molecule has 0 radical (unpaired) electrons. The van der Waals surface area contributed by atoms with Crippen molar-refractivity contribution in [3.05, 3.63) is 137 Å². The van der Waals surface area contributed by atoms with Gasteiger partial charge in [0.15, 0.2) is 0 Å². The quantitative estimate of drug-likeness (QED) is 0.0381. The maximum absolute atomic E-state index is 14.4. The molecule has 5 aromatic carbocycles. The van der Waals surface area contributed by atoms with Gasteiger partial charge in [0, 0.05) is 59.0 Å². The van der Waals surface area contributed by atoms with Crippen LogP contribution in [0.3, 0.4) is 0 Å². The summed E-state index contributed by atoms with van der Waals surface area (Å²) >= 11 is 7.58. The summed E-state index contributed by atoms with van der Waals surface area (Å²) in [5, 5.41) is 24.2. The lowest BCUT2D eigenvalue weighted by molar-refractivity contribution is -0.137. The normalized spacial score (nSPS) is 17.7. The van der Waals surface area contributed by atoms with Crippen LogP contribution in [0.5, 0.6) is 0 Å². The maximum atomic E-state index is 14.4. The molecule has 3 heterocycles. The van der Waals surface area contributed by atoms with E-state index in [1.165, 1.54) is 23.9 Å². The fraction of sp³-hybridized carbons (Fsp3) is 0.439. The second kappa shape index (κ2) is 25.8. The summed E-state index contributed by atoms with van der Waals surface area (Å²) < 4.78 is 99.3. The number of aliphatic carboxylic acids is 1. The number of halogens is 4. The lowest BCUT2D eigenvalue weighted by Gasteiger charge is -2.47. The Morgan fingerprint density at radius 1 is 0.753 bits per heavy atom. The third-order valence-corrected chi connectivity index (χ3v) is 19.8. The molecule has 414 valence electrons. The molecule has 3 fully saturated rings. The van der Waals surface area contributed by atoms with Gasteiger partial charge in [-0.2, -0.15) is 13.2 Å². The van der Waals surface area contributed by atoms with Crippen molar-refractivity contribution in [2.45, 2.75) is 103 Å². The lowest BCUT2D eigenvalue weighted by Crippen LogP contribution is -2.47. The minimum absolute atomic E-state index is 0.0254. The number of likely N-dealkylation sites (tertiary alicyclic amines) is 2. The van der Waals surface area contributed by atoms with Crippen molar-refractivity contribution in [1.29, 1.82) is 0 Å². The second-order valence-electron chi connectivity index (χ2n) is 20.6. The number of aliphatic hydroxyl groups is 1. The molecule has 5 aromatic rings. The van der Waals surface area contributed by atoms with Crippen LogP contribution in [0.2, 0.25) is 5.02 Å². The van der Waals surface area contributed by atoms with Crippen LogP contribution in [0.4, 0.5) is 24.5 Å². The first kappa shape index (κ1) is 58.0. The molecule has 0 aromatic heterocycles. The molecule has 0 aliphatic carbocycles. The number of anilines is 2. The fourth-order valence-corrected chi connectivity index (χ4v) is 14.0. The number of hydrogen-bond acceptors (Lipinski definition) is 12. The van der Waals surface area contributed by atoms with Crippen molar-refractivity contribution in [3.63, 3.8) is 0 Å². The number of sulfone groups is 1. The Morgan fingerprint density at radius 2 is 1.38 bits per heavy atom. The highest BCUT2D eigenvalue weighted by atomic mass is 35.5. The molecule has 1 amide bonds. The zero-order valence-electron chi connectivity index (χ0n) is 42.8. The lowest BCUT2D eigenvalue weighted by atomic mass is 9.71. The van der Waals surface area contributed by atoms with E-state index in [-0.39, 0.29) is 23.3 Å². The number of rotatable bonds is 22. The highest BCUT2D eigenvalue weighted by molar-refractivity contribution is 7.99. The maximum Gasteiger partial charge on any atom is 0.501 e. The van der Waals surface area contributed by atoms with E-state index >= 15 is 0 Å². The summed E-state index contributed by atoms with van der Waals surface area (Å²) in [4.78, 5) is 30.0. The number of amides is 1. The Kier molecular flexibility index (Phi) is 19.4. The van der Waals surface area contributed by atoms with Crippen LogP contribution >= 0.6 is 23.4 Å². The van der Waals surface area contributed by atoms with Crippen LogP contribution in [0.15, 0.2) is 136 Å². The second-order valence-corrected chi connectivity index (χ2v) is 25.7. The van der Waals surface area contributed by atoms with E-state index in [2.05, 4.69) is 20.0 Å². The molecule has 2 atom stereocenters. The number of carbonyl (C=O) groups excluding carboxylic acids is 1. The van der Waals surface area contributed by atoms with Crippen molar-refractivity contribution in [2.24, 2.45) is 11.3 Å². The van der Waals surface area contributed by atoms with Gasteiger partial charge in [-0.15, -0.1) is 11.8 Å². The number of unbranched alkanes of at least 4 members (excludes halogenated alkanes) is 2. The number of nitrogens with zero attached hydrogens (tertiary/aromatic N) is 3. The van der Waals surface area contributed by atoms with E-state index in [9.17, 15) is 44.7 Å². The highest BCUT2D eigenvalue weighted by Gasteiger charge is 2.49. The van der Waals surface area contributed by atoms with Gasteiger partial charge in [0.1, 0.15) is 4.90 Å². The molecule has 77 heavy (non-hydrogen) atoms. The topological polar surface area (TPSA) is 177 Å². The third-order valence-electron chi connectivity index (χ3n) is 15.5. The van der Waals surface area contributed by atoms with Gasteiger partial charge in [-0.05, 0) is 185 Å². The SMILES string of the molecule is O=C(O)CCCCCN1CCC2(CC1)CCN(CC[C@H](CSc1ccccc1)Nc1ccc(S(=O)(=O)NC(=O)c3ccc(N4CCC([C@@H](O)c5ccccc5-c5ccc(Cl)cc5)CC4)cc3)cc1S(=O)(=O)C(F)(F)F)CC2. The number of aliphatic hydroxyl groups excluding tert-OH is 1. The summed E-state index contributed by atoms with van der Waals surface area (Å²) in [5.41, 5.74) is -2.52. The number of hydrogen-bond donors (Lipinski definition) is 4. The Balaban J connectivity index is 0.894. The number of sulfonamides is 1. The summed E-state index contributed by atoms with van der Waals surface area (Å²) in [6.07, 6.45) is 8.05. The number of carboxylic acids is 1. The van der Waals surface area contributed by atoms with E-state index in [0.717, 1.165) is 111 Å². The van der Waals surface area contributed by atoms with Gasteiger partial charge < -0.3 is 30.2 Å². The molecule has 0 saturated carbocycles. The van der Waals surface area contributed by atoms with Gasteiger partial charge in [-0.1, -0.05) is 72.6 Å². The van der Waals surface area contributed by atoms with Crippen LogP contribution in [0, 0.1) is 11.3 Å². The standard InChI is InChI=1S/C57H67ClF3N5O8S3/c58-44-18-14-41(15-19-44)49-11-6-7-12-50(49)54(69)42-24-33-66(34-25-42)46-20-16-43(17-21-46)55(70)63-77(73,74)48-22-23-51(52(39-48)76(71,72)57(59,60)61)62-45(40-75-47-9-3-1-4-10-47)26-32-65-37-29-56(30-38-65)27-35-64(36-28-56)31-8-2-5-13-53(67)68/h1,3-4,6-7,9-12,14-23,39,42,45,54,62,69H,2,5,8,13,24-38,40H2,(H,63,70)(H,67,68)/t45-,54-/m1/s1. The molecule has 13 nitrogen and oxygen atoms in total. The Bertz CT molecular complexity index is 3000. The number of carbonyl (C=O) groups is 2. The number of nitrogens with one attached hydrogen (secondary N) is 2. The molecule has 4 N–H and O–H groups in total. The molecule has 1 spiro atoms. The van der Waals surface area contributed by atoms with Crippen molar-refractivity contribution in [3.8, 4) is 11.1 Å². The van der Waals surface area contributed by atoms with Crippen LogP contribution in [0.25, 0.3) is 11.1 Å². The minimum atomic E-state index is -6.11. The van der Waals surface area contributed by atoms with Crippen molar-refractivity contribution in [2.75, 3.05) is 68.3 Å². The summed E-state index contributed by atoms with van der Waals surface area (Å²) in [6.45, 7) is 6.47. The first-order valence-electron chi connectivity index (χ1n) is 26.3. The molecule has 3 saturated heterocycles. The monoisotopic (exact) mass is 1140 g/mol. The van der Waals surface area contributed by atoms with E-state index < -0.39 is 64.9 Å². The van der Waals surface area contributed by atoms with E-state index in [4.69, 9.17) is 16.7 Å². The van der Waals surface area contributed by atoms with Crippen molar-refractivity contribution in [1.82, 2.24) is 14.5 Å². The Morgan fingerprint density at radius 3 is 2.01 bits per heavy atom. The van der Waals surface area contributed by atoms with Gasteiger partial charge in [-0.25, -0.2) is 21.6 Å².